The van der Waals surface area contributed by atoms with Crippen molar-refractivity contribution in [3.05, 3.63) is 90.4 Å². The Balaban J connectivity index is 0.674. The van der Waals surface area contributed by atoms with Gasteiger partial charge in [-0.2, -0.15) is 0 Å². The van der Waals surface area contributed by atoms with Gasteiger partial charge in [-0.1, -0.05) is 55.7 Å². The molecule has 3 aliphatic rings. The van der Waals surface area contributed by atoms with Crippen LogP contribution in [0.1, 0.15) is 75.5 Å². The van der Waals surface area contributed by atoms with Gasteiger partial charge in [-0.25, -0.2) is 4.98 Å². The van der Waals surface area contributed by atoms with Crippen molar-refractivity contribution >= 4 is 45.4 Å². The van der Waals surface area contributed by atoms with E-state index < -0.39 is 24.2 Å². The van der Waals surface area contributed by atoms with Gasteiger partial charge in [-0.05, 0) is 93.3 Å². The highest BCUT2D eigenvalue weighted by molar-refractivity contribution is 6.07. The van der Waals surface area contributed by atoms with Crippen molar-refractivity contribution in [2.24, 2.45) is 5.92 Å². The monoisotopic (exact) mass is 1000 g/mol. The quantitative estimate of drug-likeness (QED) is 0.0429. The van der Waals surface area contributed by atoms with Crippen LogP contribution in [0.15, 0.2) is 79.3 Å². The molecule has 73 heavy (non-hydrogen) atoms. The molecule has 18 heteroatoms. The molecule has 2 aromatic carbocycles. The number of rotatable bonds is 27. The Kier molecular flexibility index (Phi) is 19.9. The summed E-state index contributed by atoms with van der Waals surface area (Å²) in [6, 6.07) is 17.5. The van der Waals surface area contributed by atoms with Gasteiger partial charge in [0.05, 0.1) is 71.5 Å². The van der Waals surface area contributed by atoms with Crippen LogP contribution in [0.4, 0.5) is 0 Å². The number of nitrogens with zero attached hydrogens (tertiary/aromatic N) is 3. The molecule has 5 atom stereocenters. The van der Waals surface area contributed by atoms with Gasteiger partial charge in [0.2, 0.25) is 29.5 Å². The molecule has 1 saturated heterocycles. The zero-order chi connectivity index (χ0) is 50.8. The maximum atomic E-state index is 14.6. The Morgan fingerprint density at radius 2 is 1.45 bits per heavy atom. The van der Waals surface area contributed by atoms with Gasteiger partial charge < -0.3 is 59.6 Å². The highest BCUT2D eigenvalue weighted by Crippen LogP contribution is 2.33. The second-order valence-electron chi connectivity index (χ2n) is 19.1. The molecule has 1 saturated carbocycles. The van der Waals surface area contributed by atoms with Crippen LogP contribution in [0.2, 0.25) is 0 Å². The third kappa shape index (κ3) is 14.8. The van der Waals surface area contributed by atoms with Crippen LogP contribution in [0.3, 0.4) is 0 Å². The molecule has 2 fully saturated rings. The van der Waals surface area contributed by atoms with E-state index in [9.17, 15) is 19.2 Å². The summed E-state index contributed by atoms with van der Waals surface area (Å²) in [4.78, 5) is 68.9. The Hall–Kier alpha value is -6.02. The molecular weight excluding hydrogens is 933 g/mol. The smallest absolute Gasteiger partial charge is 0.246 e. The minimum atomic E-state index is -0.821. The van der Waals surface area contributed by atoms with Crippen LogP contribution in [0.5, 0.6) is 5.88 Å². The molecule has 392 valence electrons. The van der Waals surface area contributed by atoms with Crippen molar-refractivity contribution in [3.8, 4) is 17.0 Å². The van der Waals surface area contributed by atoms with Gasteiger partial charge in [0.15, 0.2) is 0 Å². The van der Waals surface area contributed by atoms with Gasteiger partial charge in [0.25, 0.3) is 0 Å². The standard InChI is InChI=1S/C55H72N8O10/c1-37(56-2)53(65)62-52(39-10-4-3-5-11-39)55(67)63-35-42(32-49(63)54(66)61-46-14-8-12-38-9-6-7-13-43(38)46)59-50(64)36-72-28-27-70-24-23-68-21-22-69-25-26-71-29-30-73-51-18-16-41(33-58-51)40-15-17-44-45-34-57-20-19-47(45)60-48(44)31-40/h6-7,9,13,15-20,31,33-34,37,39,42,46,49,52,56,60H,3-5,8,10-12,14,21-30,32,35-36H2,1-2H3,(H,59,64)(H,61,66)(H,62,65)/t37-,42-,46+,49-,52-/m0/s1. The Labute approximate surface area is 427 Å². The van der Waals surface area contributed by atoms with E-state index in [1.165, 1.54) is 5.56 Å². The molecule has 0 radical (unpaired) electrons. The molecule has 1 aliphatic heterocycles. The van der Waals surface area contributed by atoms with E-state index in [-0.39, 0.29) is 68.4 Å². The van der Waals surface area contributed by atoms with E-state index in [2.05, 4.69) is 66.6 Å². The summed E-state index contributed by atoms with van der Waals surface area (Å²) in [6.07, 6.45) is 13.1. The van der Waals surface area contributed by atoms with Crippen LogP contribution < -0.4 is 26.0 Å². The van der Waals surface area contributed by atoms with E-state index in [0.29, 0.717) is 58.7 Å². The first kappa shape index (κ1) is 53.3. The normalized spacial score (nSPS) is 18.8. The summed E-state index contributed by atoms with van der Waals surface area (Å²) in [5, 5.41) is 14.5. The lowest BCUT2D eigenvalue weighted by Gasteiger charge is -2.35. The lowest BCUT2D eigenvalue weighted by molar-refractivity contribution is -0.143. The molecule has 3 aromatic heterocycles. The zero-order valence-electron chi connectivity index (χ0n) is 42.2. The summed E-state index contributed by atoms with van der Waals surface area (Å²) in [7, 11) is 1.70. The largest absolute Gasteiger partial charge is 0.475 e. The lowest BCUT2D eigenvalue weighted by Crippen LogP contribution is -2.58. The number of carbonyl (C=O) groups excluding carboxylic acids is 4. The van der Waals surface area contributed by atoms with Gasteiger partial charge in [-0.3, -0.25) is 24.2 Å². The van der Waals surface area contributed by atoms with Gasteiger partial charge in [-0.15, -0.1) is 0 Å². The SMILES string of the molecule is CN[C@@H](C)C(=O)N[C@H](C(=O)N1C[C@@H](NC(=O)COCCOCCOCCOCCOCCOc2ccc(-c3ccc4c(c3)[nH]c3ccncc34)cn2)C[C@H]1C(=O)N[C@@H]1CCCc2ccccc21)C1CCCCC1. The number of ether oxygens (including phenoxy) is 6. The fourth-order valence-corrected chi connectivity index (χ4v) is 10.1. The number of H-pyrrole nitrogens is 1. The minimum Gasteiger partial charge on any atom is -0.475 e. The van der Waals surface area contributed by atoms with E-state index in [1.54, 1.807) is 31.3 Å². The summed E-state index contributed by atoms with van der Waals surface area (Å²) in [5.74, 6) is -0.677. The van der Waals surface area contributed by atoms with Crippen molar-refractivity contribution < 1.29 is 47.6 Å². The number of likely N-dealkylation sites (tertiary alicyclic amines) is 1. The van der Waals surface area contributed by atoms with Crippen LogP contribution in [-0.2, 0) is 49.3 Å². The van der Waals surface area contributed by atoms with E-state index in [4.69, 9.17) is 28.4 Å². The number of hydrogen-bond acceptors (Lipinski definition) is 13. The predicted molar refractivity (Wildman–Crippen MR) is 276 cm³/mol. The molecule has 4 heterocycles. The fraction of sp³-hybridized carbons (Fsp3) is 0.527. The summed E-state index contributed by atoms with van der Waals surface area (Å²) in [5.41, 5.74) is 6.48. The number of aromatic nitrogens is 3. The topological polar surface area (TPSA) is 217 Å². The molecule has 8 rings (SSSR count). The second kappa shape index (κ2) is 27.3. The van der Waals surface area contributed by atoms with Crippen LogP contribution >= 0.6 is 0 Å². The number of pyridine rings is 2. The summed E-state index contributed by atoms with van der Waals surface area (Å²) in [6.45, 7) is 5.34. The number of hydrogen-bond donors (Lipinski definition) is 5. The maximum Gasteiger partial charge on any atom is 0.246 e. The lowest BCUT2D eigenvalue weighted by atomic mass is 9.83. The zero-order valence-corrected chi connectivity index (χ0v) is 42.2. The molecule has 2 aliphatic carbocycles. The number of aromatic amines is 1. The highest BCUT2D eigenvalue weighted by Gasteiger charge is 2.45. The first-order valence-electron chi connectivity index (χ1n) is 26.0. The fourth-order valence-electron chi connectivity index (χ4n) is 10.1. The third-order valence-corrected chi connectivity index (χ3v) is 14.1. The number of nitrogens with one attached hydrogen (secondary N) is 5. The minimum absolute atomic E-state index is 0.0448. The number of fused-ring (bicyclic) bond motifs is 4. The van der Waals surface area contributed by atoms with Crippen molar-refractivity contribution in [1.29, 1.82) is 0 Å². The van der Waals surface area contributed by atoms with Crippen molar-refractivity contribution in [2.75, 3.05) is 86.3 Å². The van der Waals surface area contributed by atoms with Crippen LogP contribution in [0, 0.1) is 5.92 Å². The molecule has 0 unspecified atom stereocenters. The molecule has 5 N–H and O–H groups in total. The maximum absolute atomic E-state index is 14.6. The second-order valence-corrected chi connectivity index (χ2v) is 19.1. The van der Waals surface area contributed by atoms with Crippen molar-refractivity contribution in [1.82, 2.24) is 41.1 Å². The number of carbonyl (C=O) groups is 4. The van der Waals surface area contributed by atoms with Gasteiger partial charge in [0.1, 0.15) is 25.3 Å². The average molecular weight is 1010 g/mol. The van der Waals surface area contributed by atoms with E-state index >= 15 is 0 Å². The highest BCUT2D eigenvalue weighted by atomic mass is 16.6. The van der Waals surface area contributed by atoms with Crippen LogP contribution in [-0.4, -0.2) is 154 Å². The molecule has 0 bridgehead atoms. The number of aryl methyl sites for hydroxylation is 1. The Bertz CT molecular complexity index is 2570. The number of likely N-dealkylation sites (N-methyl/N-ethyl adjacent to an activating group) is 1. The third-order valence-electron chi connectivity index (χ3n) is 14.1. The Morgan fingerprint density at radius 3 is 2.18 bits per heavy atom. The molecule has 18 nitrogen and oxygen atoms in total. The van der Waals surface area contributed by atoms with Gasteiger partial charge in [0, 0.05) is 64.6 Å². The van der Waals surface area contributed by atoms with E-state index in [1.807, 2.05) is 36.5 Å². The molecule has 0 spiro atoms. The molecular formula is C55H72N8O10. The Morgan fingerprint density at radius 1 is 0.740 bits per heavy atom. The number of amides is 4. The average Bonchev–Trinajstić information content (AvgIpc) is 4.02. The van der Waals surface area contributed by atoms with Crippen LogP contribution in [0.25, 0.3) is 32.9 Å². The first-order valence-corrected chi connectivity index (χ1v) is 26.0. The van der Waals surface area contributed by atoms with Crippen molar-refractivity contribution in [2.45, 2.75) is 94.9 Å². The first-order chi connectivity index (χ1) is 35.7. The van der Waals surface area contributed by atoms with Crippen molar-refractivity contribution in [3.63, 3.8) is 0 Å². The van der Waals surface area contributed by atoms with E-state index in [0.717, 1.165) is 89.9 Å². The number of benzene rings is 2. The molecule has 4 amide bonds. The predicted octanol–water partition coefficient (Wildman–Crippen LogP) is 5.19. The molecule has 5 aromatic rings. The summed E-state index contributed by atoms with van der Waals surface area (Å²) >= 11 is 0. The van der Waals surface area contributed by atoms with Gasteiger partial charge >= 0.3 is 0 Å². The summed E-state index contributed by atoms with van der Waals surface area (Å²) < 4.78 is 33.8.